The lowest BCUT2D eigenvalue weighted by Crippen LogP contribution is -2.10. The van der Waals surface area contributed by atoms with Crippen molar-refractivity contribution in [2.75, 3.05) is 5.32 Å². The molecular formula is C10H11BrFNO. The number of carbonyl (C=O) groups is 1. The highest BCUT2D eigenvalue weighted by Gasteiger charge is 2.06. The Kier molecular flexibility index (Phi) is 3.63. The van der Waals surface area contributed by atoms with Crippen molar-refractivity contribution in [1.82, 2.24) is 0 Å². The van der Waals surface area contributed by atoms with E-state index < -0.39 is 0 Å². The van der Waals surface area contributed by atoms with Gasteiger partial charge in [-0.3, -0.25) is 4.79 Å². The molecule has 1 aromatic carbocycles. The first kappa shape index (κ1) is 11.2. The summed E-state index contributed by atoms with van der Waals surface area (Å²) < 4.78 is 13.4. The Morgan fingerprint density at radius 3 is 2.79 bits per heavy atom. The SMILES string of the molecule is CCC(=O)Nc1cc(Br)c(F)cc1C. The highest BCUT2D eigenvalue weighted by Crippen LogP contribution is 2.24. The van der Waals surface area contributed by atoms with E-state index in [1.165, 1.54) is 6.07 Å². The van der Waals surface area contributed by atoms with Crippen molar-refractivity contribution in [2.24, 2.45) is 0 Å². The minimum Gasteiger partial charge on any atom is -0.326 e. The van der Waals surface area contributed by atoms with Gasteiger partial charge in [-0.1, -0.05) is 6.92 Å². The molecule has 0 saturated carbocycles. The normalized spacial score (nSPS) is 10.0. The molecule has 0 radical (unpaired) electrons. The number of amides is 1. The Balaban J connectivity index is 2.98. The van der Waals surface area contributed by atoms with Crippen LogP contribution in [0.4, 0.5) is 10.1 Å². The third-order valence-electron chi connectivity index (χ3n) is 1.86. The monoisotopic (exact) mass is 259 g/mol. The van der Waals surface area contributed by atoms with Crippen molar-refractivity contribution < 1.29 is 9.18 Å². The molecule has 0 fully saturated rings. The fraction of sp³-hybridized carbons (Fsp3) is 0.300. The predicted octanol–water partition coefficient (Wildman–Crippen LogP) is 3.25. The van der Waals surface area contributed by atoms with Crippen LogP contribution in [0, 0.1) is 12.7 Å². The molecule has 0 aliphatic heterocycles. The number of anilines is 1. The van der Waals surface area contributed by atoms with Gasteiger partial charge in [-0.15, -0.1) is 0 Å². The van der Waals surface area contributed by atoms with Gasteiger partial charge in [-0.2, -0.15) is 0 Å². The standard InChI is InChI=1S/C10H11BrFNO/c1-3-10(14)13-9-5-7(11)8(12)4-6(9)2/h4-5H,3H2,1-2H3,(H,13,14). The Morgan fingerprint density at radius 2 is 2.21 bits per heavy atom. The maximum Gasteiger partial charge on any atom is 0.224 e. The summed E-state index contributed by atoms with van der Waals surface area (Å²) in [4.78, 5) is 11.1. The Bertz CT molecular complexity index is 365. The molecule has 1 rings (SSSR count). The Hall–Kier alpha value is -0.900. The van der Waals surface area contributed by atoms with Gasteiger partial charge in [-0.25, -0.2) is 4.39 Å². The molecule has 76 valence electrons. The fourth-order valence-electron chi connectivity index (χ4n) is 1.02. The molecule has 0 heterocycles. The smallest absolute Gasteiger partial charge is 0.224 e. The molecule has 0 aromatic heterocycles. The van der Waals surface area contributed by atoms with E-state index in [-0.39, 0.29) is 11.7 Å². The number of hydrogen-bond donors (Lipinski definition) is 1. The van der Waals surface area contributed by atoms with Crippen molar-refractivity contribution in [2.45, 2.75) is 20.3 Å². The lowest BCUT2D eigenvalue weighted by atomic mass is 10.2. The van der Waals surface area contributed by atoms with Gasteiger partial charge < -0.3 is 5.32 Å². The van der Waals surface area contributed by atoms with Crippen LogP contribution in [-0.4, -0.2) is 5.91 Å². The zero-order valence-corrected chi connectivity index (χ0v) is 9.61. The third-order valence-corrected chi connectivity index (χ3v) is 2.47. The summed E-state index contributed by atoms with van der Waals surface area (Å²) in [5, 5.41) is 2.69. The van der Waals surface area contributed by atoms with E-state index in [1.54, 1.807) is 19.9 Å². The molecule has 0 atom stereocenters. The Morgan fingerprint density at radius 1 is 1.57 bits per heavy atom. The van der Waals surface area contributed by atoms with Gasteiger partial charge in [0.25, 0.3) is 0 Å². The third kappa shape index (κ3) is 2.54. The van der Waals surface area contributed by atoms with E-state index in [9.17, 15) is 9.18 Å². The van der Waals surface area contributed by atoms with E-state index in [0.29, 0.717) is 22.1 Å². The Labute approximate surface area is 90.6 Å². The van der Waals surface area contributed by atoms with Crippen LogP contribution in [0.3, 0.4) is 0 Å². The van der Waals surface area contributed by atoms with Gasteiger partial charge in [-0.05, 0) is 40.5 Å². The largest absolute Gasteiger partial charge is 0.326 e. The quantitative estimate of drug-likeness (QED) is 0.868. The molecule has 1 N–H and O–H groups in total. The summed E-state index contributed by atoms with van der Waals surface area (Å²) in [7, 11) is 0. The number of carbonyl (C=O) groups excluding carboxylic acids is 1. The van der Waals surface area contributed by atoms with E-state index in [2.05, 4.69) is 21.2 Å². The second-order valence-corrected chi connectivity index (χ2v) is 3.84. The molecule has 0 aliphatic rings. The maximum absolute atomic E-state index is 13.0. The zero-order chi connectivity index (χ0) is 10.7. The zero-order valence-electron chi connectivity index (χ0n) is 8.03. The van der Waals surface area contributed by atoms with Crippen LogP contribution in [-0.2, 0) is 4.79 Å². The molecule has 0 saturated heterocycles. The van der Waals surface area contributed by atoms with Gasteiger partial charge in [0, 0.05) is 12.1 Å². The summed E-state index contributed by atoms with van der Waals surface area (Å²) in [6, 6.07) is 2.95. The first-order valence-corrected chi connectivity index (χ1v) is 5.09. The highest BCUT2D eigenvalue weighted by atomic mass is 79.9. The lowest BCUT2D eigenvalue weighted by Gasteiger charge is -2.08. The molecule has 1 amide bonds. The molecule has 14 heavy (non-hydrogen) atoms. The van der Waals surface area contributed by atoms with Crippen molar-refractivity contribution in [3.8, 4) is 0 Å². The molecule has 1 aromatic rings. The van der Waals surface area contributed by atoms with Crippen molar-refractivity contribution in [3.05, 3.63) is 28.0 Å². The molecular weight excluding hydrogens is 249 g/mol. The number of benzene rings is 1. The van der Waals surface area contributed by atoms with Crippen LogP contribution < -0.4 is 5.32 Å². The average molecular weight is 260 g/mol. The van der Waals surface area contributed by atoms with Crippen molar-refractivity contribution in [3.63, 3.8) is 0 Å². The van der Waals surface area contributed by atoms with Crippen molar-refractivity contribution >= 4 is 27.5 Å². The topological polar surface area (TPSA) is 29.1 Å². The van der Waals surface area contributed by atoms with Gasteiger partial charge in [0.2, 0.25) is 5.91 Å². The van der Waals surface area contributed by atoms with E-state index in [4.69, 9.17) is 0 Å². The van der Waals surface area contributed by atoms with Gasteiger partial charge >= 0.3 is 0 Å². The molecule has 2 nitrogen and oxygen atoms in total. The number of hydrogen-bond acceptors (Lipinski definition) is 1. The molecule has 4 heteroatoms. The summed E-state index contributed by atoms with van der Waals surface area (Å²) in [5.41, 5.74) is 1.36. The molecule has 0 aliphatic carbocycles. The van der Waals surface area contributed by atoms with Crippen LogP contribution in [0.2, 0.25) is 0 Å². The summed E-state index contributed by atoms with van der Waals surface area (Å²) in [5.74, 6) is -0.399. The van der Waals surface area contributed by atoms with E-state index in [0.717, 1.165) is 0 Å². The van der Waals surface area contributed by atoms with Crippen LogP contribution in [0.25, 0.3) is 0 Å². The maximum atomic E-state index is 13.0. The average Bonchev–Trinajstić information content (AvgIpc) is 2.14. The van der Waals surface area contributed by atoms with Gasteiger partial charge in [0.15, 0.2) is 0 Å². The summed E-state index contributed by atoms with van der Waals surface area (Å²) >= 11 is 3.07. The van der Waals surface area contributed by atoms with Crippen LogP contribution >= 0.6 is 15.9 Å². The number of aryl methyl sites for hydroxylation is 1. The first-order chi connectivity index (χ1) is 6.54. The number of rotatable bonds is 2. The highest BCUT2D eigenvalue weighted by molar-refractivity contribution is 9.10. The molecule has 0 spiro atoms. The minimum atomic E-state index is -0.322. The predicted molar refractivity (Wildman–Crippen MR) is 57.8 cm³/mol. The fourth-order valence-corrected chi connectivity index (χ4v) is 1.36. The van der Waals surface area contributed by atoms with Crippen LogP contribution in [0.5, 0.6) is 0 Å². The summed E-state index contributed by atoms with van der Waals surface area (Å²) in [6.45, 7) is 3.52. The molecule has 0 unspecified atom stereocenters. The number of halogens is 2. The van der Waals surface area contributed by atoms with Crippen LogP contribution in [0.15, 0.2) is 16.6 Å². The first-order valence-electron chi connectivity index (χ1n) is 4.30. The second kappa shape index (κ2) is 4.55. The van der Waals surface area contributed by atoms with Crippen LogP contribution in [0.1, 0.15) is 18.9 Å². The molecule has 0 bridgehead atoms. The number of nitrogens with one attached hydrogen (secondary N) is 1. The van der Waals surface area contributed by atoms with Gasteiger partial charge in [0.1, 0.15) is 5.82 Å². The second-order valence-electron chi connectivity index (χ2n) is 2.98. The summed E-state index contributed by atoms with van der Waals surface area (Å²) in [6.07, 6.45) is 0.411. The minimum absolute atomic E-state index is 0.0772. The van der Waals surface area contributed by atoms with Gasteiger partial charge in [0.05, 0.1) is 4.47 Å². The lowest BCUT2D eigenvalue weighted by molar-refractivity contribution is -0.115. The van der Waals surface area contributed by atoms with E-state index >= 15 is 0 Å². The van der Waals surface area contributed by atoms with Crippen molar-refractivity contribution in [1.29, 1.82) is 0 Å². The van der Waals surface area contributed by atoms with E-state index in [1.807, 2.05) is 0 Å².